The molecule has 0 aliphatic carbocycles. The predicted octanol–water partition coefficient (Wildman–Crippen LogP) is 9.58. The van der Waals surface area contributed by atoms with E-state index in [0.717, 1.165) is 45.2 Å². The summed E-state index contributed by atoms with van der Waals surface area (Å²) in [5.41, 5.74) is 3.04. The van der Waals surface area contributed by atoms with Crippen molar-refractivity contribution in [3.8, 4) is 0 Å². The molecule has 9 aromatic rings. The number of nitrogens with zero attached hydrogens (tertiary/aromatic N) is 2. The Morgan fingerprint density at radius 2 is 0.841 bits per heavy atom. The average Bonchev–Trinajstić information content (AvgIpc) is 3.37. The van der Waals surface area contributed by atoms with Crippen LogP contribution >= 0.6 is 0 Å². The second-order valence-electron chi connectivity index (χ2n) is 17.9. The van der Waals surface area contributed by atoms with Gasteiger partial charge in [0.15, 0.2) is 0 Å². The molecule has 0 atom stereocenters. The second kappa shape index (κ2) is 19.0. The monoisotopic (exact) mass is 924 g/mol. The number of benzene rings is 9. The van der Waals surface area contributed by atoms with Gasteiger partial charge in [-0.25, -0.2) is 0 Å². The number of imide groups is 2. The van der Waals surface area contributed by atoms with Gasteiger partial charge in [-0.3, -0.25) is 29.0 Å². The minimum atomic E-state index is -0.732. The summed E-state index contributed by atoms with van der Waals surface area (Å²) in [7, 11) is 3.21. The number of unbranched alkanes of at least 4 members (excludes halogenated alkanes) is 1. The van der Waals surface area contributed by atoms with E-state index in [-0.39, 0.29) is 38.2 Å². The summed E-state index contributed by atoms with van der Waals surface area (Å²) in [5.74, 6) is -1.48. The highest BCUT2D eigenvalue weighted by Crippen LogP contribution is 2.46. The molecule has 2 heterocycles. The average molecular weight is 925 g/mol. The van der Waals surface area contributed by atoms with Crippen molar-refractivity contribution in [2.45, 2.75) is 25.3 Å². The fourth-order valence-corrected chi connectivity index (χ4v) is 10.8. The molecular weight excluding hydrogens is 873 g/mol. The molecule has 12 nitrogen and oxygen atoms in total. The molecule has 12 heteroatoms. The van der Waals surface area contributed by atoms with Gasteiger partial charge in [-0.1, -0.05) is 78.9 Å². The molecule has 0 radical (unpaired) electrons. The van der Waals surface area contributed by atoms with Crippen LogP contribution in [0.4, 0.5) is 0 Å². The lowest BCUT2D eigenvalue weighted by Gasteiger charge is -2.34. The first kappa shape index (κ1) is 44.8. The Morgan fingerprint density at radius 1 is 0.406 bits per heavy atom. The first-order valence-corrected chi connectivity index (χ1v) is 23.8. The van der Waals surface area contributed by atoms with Crippen molar-refractivity contribution in [3.63, 3.8) is 0 Å². The smallest absolute Gasteiger partial charge is 0.261 e. The third-order valence-corrected chi connectivity index (χ3v) is 14.0. The summed E-state index contributed by atoms with van der Waals surface area (Å²) in [6.07, 6.45) is 2.31. The van der Waals surface area contributed by atoms with Crippen molar-refractivity contribution in [1.82, 2.24) is 9.80 Å². The van der Waals surface area contributed by atoms with Crippen molar-refractivity contribution in [1.29, 1.82) is 0 Å². The SMILES string of the molecule is COCCOCCOCC(COCCOCCOC)N1C(=O)c2ccc3c4ccc5c6c(ccc(c7ccc(c2c37)C1=O)c64)C(=O)N(CCCCc1ccc2ccc3cccc4ccc1c2c34)C5=O. The molecule has 0 saturated carbocycles. The molecule has 4 amide bonds. The van der Waals surface area contributed by atoms with E-state index in [1.54, 1.807) is 26.4 Å². The van der Waals surface area contributed by atoms with Gasteiger partial charge in [0.1, 0.15) is 0 Å². The quantitative estimate of drug-likeness (QED) is 0.0281. The molecule has 0 N–H and O–H groups in total. The van der Waals surface area contributed by atoms with E-state index in [1.165, 1.54) is 47.7 Å². The molecule has 69 heavy (non-hydrogen) atoms. The fraction of sp³-hybridized carbons (Fsp3) is 0.298. The summed E-state index contributed by atoms with van der Waals surface area (Å²) < 4.78 is 33.2. The molecule has 2 aliphatic rings. The van der Waals surface area contributed by atoms with Crippen LogP contribution in [0.25, 0.3) is 75.4 Å². The van der Waals surface area contributed by atoms with Gasteiger partial charge < -0.3 is 28.4 Å². The topological polar surface area (TPSA) is 130 Å². The van der Waals surface area contributed by atoms with Gasteiger partial charge in [-0.2, -0.15) is 0 Å². The number of aryl methyl sites for hydroxylation is 1. The number of hydrogen-bond acceptors (Lipinski definition) is 10. The van der Waals surface area contributed by atoms with E-state index in [9.17, 15) is 19.2 Å². The van der Waals surface area contributed by atoms with E-state index >= 15 is 0 Å². The molecule has 0 bridgehead atoms. The Labute approximate surface area is 398 Å². The van der Waals surface area contributed by atoms with Crippen LogP contribution in [-0.4, -0.2) is 126 Å². The lowest BCUT2D eigenvalue weighted by atomic mass is 9.82. The molecule has 350 valence electrons. The van der Waals surface area contributed by atoms with Gasteiger partial charge in [0.25, 0.3) is 23.6 Å². The van der Waals surface area contributed by atoms with E-state index in [0.29, 0.717) is 85.6 Å². The molecule has 0 saturated heterocycles. The largest absolute Gasteiger partial charge is 0.382 e. The number of carbonyl (C=O) groups is 4. The first-order chi connectivity index (χ1) is 33.9. The highest BCUT2D eigenvalue weighted by atomic mass is 16.5. The normalized spacial score (nSPS) is 14.1. The lowest BCUT2D eigenvalue weighted by Crippen LogP contribution is -2.51. The molecule has 0 spiro atoms. The van der Waals surface area contributed by atoms with Crippen LogP contribution in [-0.2, 0) is 34.8 Å². The molecule has 0 aromatic heterocycles. The zero-order valence-electron chi connectivity index (χ0n) is 38.8. The highest BCUT2D eigenvalue weighted by molar-refractivity contribution is 6.41. The van der Waals surface area contributed by atoms with Crippen molar-refractivity contribution < 1.29 is 47.6 Å². The molecule has 2 aliphatic heterocycles. The number of ether oxygens (including phenoxy) is 6. The Balaban J connectivity index is 0.853. The molecule has 0 fully saturated rings. The van der Waals surface area contributed by atoms with Crippen LogP contribution < -0.4 is 0 Å². The highest BCUT2D eigenvalue weighted by Gasteiger charge is 2.40. The Kier molecular flexibility index (Phi) is 12.4. The Hall–Kier alpha value is -6.64. The van der Waals surface area contributed by atoms with Crippen LogP contribution in [0.15, 0.2) is 103 Å². The van der Waals surface area contributed by atoms with E-state index in [1.807, 2.05) is 36.4 Å². The van der Waals surface area contributed by atoms with Crippen LogP contribution in [0.2, 0.25) is 0 Å². The standard InChI is InChI=1S/C57H52N2O10/c1-64-24-26-66-28-30-68-32-38(33-69-31-29-67-27-25-65-2)59-56(62)46-21-17-42-40-15-19-44-52-45(20-16-41(50(40)52)43-18-22-47(57(59)63)53(46)51(42)43)55(61)58(54(44)60)23-4-3-6-34-9-10-37-12-11-35-7-5-8-36-13-14-39(34)49(37)48(35)36/h5,7-22,38H,3-4,6,23-33H2,1-2H3. The van der Waals surface area contributed by atoms with Crippen molar-refractivity contribution >= 4 is 99.0 Å². The number of rotatable bonds is 22. The zero-order valence-corrected chi connectivity index (χ0v) is 38.8. The molecule has 0 unspecified atom stereocenters. The van der Waals surface area contributed by atoms with E-state index < -0.39 is 17.9 Å². The lowest BCUT2D eigenvalue weighted by molar-refractivity contribution is -0.0221. The minimum Gasteiger partial charge on any atom is -0.382 e. The minimum absolute atomic E-state index is 0.0433. The Morgan fingerprint density at radius 3 is 1.36 bits per heavy atom. The summed E-state index contributed by atoms with van der Waals surface area (Å²) in [5, 5.41) is 13.7. The third-order valence-electron chi connectivity index (χ3n) is 14.0. The number of hydrogen-bond donors (Lipinski definition) is 0. The van der Waals surface area contributed by atoms with Gasteiger partial charge >= 0.3 is 0 Å². The predicted molar refractivity (Wildman–Crippen MR) is 267 cm³/mol. The number of fused-ring (bicyclic) bond motifs is 2. The van der Waals surface area contributed by atoms with Gasteiger partial charge in [0.2, 0.25) is 0 Å². The van der Waals surface area contributed by atoms with Crippen LogP contribution in [0.1, 0.15) is 59.8 Å². The molecule has 9 aromatic carbocycles. The zero-order chi connectivity index (χ0) is 47.2. The van der Waals surface area contributed by atoms with Crippen LogP contribution in [0.5, 0.6) is 0 Å². The van der Waals surface area contributed by atoms with Crippen molar-refractivity contribution in [2.75, 3.05) is 86.8 Å². The summed E-state index contributed by atoms with van der Waals surface area (Å²) in [6, 6.07) is 33.9. The van der Waals surface area contributed by atoms with Gasteiger partial charge in [-0.15, -0.1) is 0 Å². The maximum atomic E-state index is 14.6. The van der Waals surface area contributed by atoms with E-state index in [4.69, 9.17) is 28.4 Å². The first-order valence-electron chi connectivity index (χ1n) is 23.8. The van der Waals surface area contributed by atoms with E-state index in [2.05, 4.69) is 54.6 Å². The second-order valence-corrected chi connectivity index (χ2v) is 17.9. The summed E-state index contributed by atoms with van der Waals surface area (Å²) in [6.45, 7) is 3.31. The van der Waals surface area contributed by atoms with Gasteiger partial charge in [0, 0.05) is 53.8 Å². The number of methoxy groups -OCH3 is 2. The van der Waals surface area contributed by atoms with Gasteiger partial charge in [-0.05, 0) is 114 Å². The number of amides is 4. The van der Waals surface area contributed by atoms with Crippen LogP contribution in [0, 0.1) is 0 Å². The number of carbonyl (C=O) groups excluding carboxylic acids is 4. The van der Waals surface area contributed by atoms with Crippen molar-refractivity contribution in [2.24, 2.45) is 0 Å². The Bertz CT molecular complexity index is 3300. The maximum Gasteiger partial charge on any atom is 0.261 e. The van der Waals surface area contributed by atoms with Crippen LogP contribution in [0.3, 0.4) is 0 Å². The summed E-state index contributed by atoms with van der Waals surface area (Å²) >= 11 is 0. The van der Waals surface area contributed by atoms with Gasteiger partial charge in [0.05, 0.1) is 72.1 Å². The van der Waals surface area contributed by atoms with Crippen molar-refractivity contribution in [3.05, 3.63) is 131 Å². The fourth-order valence-electron chi connectivity index (χ4n) is 10.8. The maximum absolute atomic E-state index is 14.6. The molecule has 11 rings (SSSR count). The summed E-state index contributed by atoms with van der Waals surface area (Å²) in [4.78, 5) is 60.6. The third kappa shape index (κ3) is 7.72. The molecular formula is C57H52N2O10.